The van der Waals surface area contributed by atoms with E-state index in [9.17, 15) is 4.79 Å². The summed E-state index contributed by atoms with van der Waals surface area (Å²) >= 11 is 0. The SMILES string of the molecule is Cc1c(C(=O)N2CCO[C@@H](c3nc(N(C)C)ncc3-c3cncnc3)C2)oc2ccccc12. The number of benzene rings is 1. The van der Waals surface area contributed by atoms with Gasteiger partial charge in [-0.15, -0.1) is 0 Å². The number of carbonyl (C=O) groups is 1. The second kappa shape index (κ2) is 8.59. The lowest BCUT2D eigenvalue weighted by atomic mass is 10.0. The van der Waals surface area contributed by atoms with Crippen molar-refractivity contribution >= 4 is 22.8 Å². The molecule has 9 nitrogen and oxygen atoms in total. The van der Waals surface area contributed by atoms with E-state index in [1.165, 1.54) is 6.33 Å². The summed E-state index contributed by atoms with van der Waals surface area (Å²) in [5.41, 5.74) is 3.82. The van der Waals surface area contributed by atoms with Crippen molar-refractivity contribution in [3.05, 3.63) is 66.2 Å². The summed E-state index contributed by atoms with van der Waals surface area (Å²) in [7, 11) is 3.76. The van der Waals surface area contributed by atoms with Crippen LogP contribution in [-0.4, -0.2) is 64.5 Å². The van der Waals surface area contributed by atoms with Crippen molar-refractivity contribution in [3.8, 4) is 11.1 Å². The maximum absolute atomic E-state index is 13.4. The maximum Gasteiger partial charge on any atom is 0.290 e. The van der Waals surface area contributed by atoms with Crippen LogP contribution in [-0.2, 0) is 4.74 Å². The minimum absolute atomic E-state index is 0.150. The zero-order chi connectivity index (χ0) is 22.9. The highest BCUT2D eigenvalue weighted by atomic mass is 16.5. The summed E-state index contributed by atoms with van der Waals surface area (Å²) in [5.74, 6) is 0.777. The molecule has 9 heteroatoms. The normalized spacial score (nSPS) is 16.2. The molecule has 5 rings (SSSR count). The van der Waals surface area contributed by atoms with Crippen LogP contribution in [0, 0.1) is 6.92 Å². The molecule has 0 N–H and O–H groups in total. The van der Waals surface area contributed by atoms with E-state index in [0.717, 1.165) is 22.1 Å². The van der Waals surface area contributed by atoms with E-state index in [2.05, 4.69) is 15.0 Å². The molecule has 1 atom stereocenters. The summed E-state index contributed by atoms with van der Waals surface area (Å²) < 4.78 is 12.0. The van der Waals surface area contributed by atoms with Crippen molar-refractivity contribution in [3.63, 3.8) is 0 Å². The predicted octanol–water partition coefficient (Wildman–Crippen LogP) is 3.27. The van der Waals surface area contributed by atoms with Gasteiger partial charge in [-0.05, 0) is 13.0 Å². The Balaban J connectivity index is 1.49. The van der Waals surface area contributed by atoms with Crippen LogP contribution in [0.15, 0.2) is 53.6 Å². The zero-order valence-electron chi connectivity index (χ0n) is 18.7. The molecule has 0 unspecified atom stereocenters. The number of hydrogen-bond acceptors (Lipinski definition) is 8. The van der Waals surface area contributed by atoms with Crippen molar-refractivity contribution in [2.45, 2.75) is 13.0 Å². The highest BCUT2D eigenvalue weighted by Crippen LogP contribution is 2.32. The standard InChI is InChI=1S/C24H24N6O3/c1-15-17-6-4-5-7-19(17)33-22(15)23(31)30-8-9-32-20(13-30)21-18(16-10-25-14-26-11-16)12-27-24(28-21)29(2)3/h4-7,10-12,14,20H,8-9,13H2,1-3H3/t20-/m1/s1. The first-order chi connectivity index (χ1) is 16.0. The van der Waals surface area contributed by atoms with E-state index in [1.807, 2.05) is 50.2 Å². The van der Waals surface area contributed by atoms with E-state index >= 15 is 0 Å². The smallest absolute Gasteiger partial charge is 0.290 e. The number of fused-ring (bicyclic) bond motifs is 1. The Morgan fingerprint density at radius 3 is 2.70 bits per heavy atom. The number of nitrogens with zero attached hydrogens (tertiary/aromatic N) is 6. The predicted molar refractivity (Wildman–Crippen MR) is 123 cm³/mol. The molecule has 1 fully saturated rings. The molecule has 0 bridgehead atoms. The van der Waals surface area contributed by atoms with E-state index < -0.39 is 6.10 Å². The van der Waals surface area contributed by atoms with Crippen LogP contribution >= 0.6 is 0 Å². The first kappa shape index (κ1) is 21.0. The molecule has 1 saturated heterocycles. The number of anilines is 1. The molecule has 1 aliphatic rings. The summed E-state index contributed by atoms with van der Waals surface area (Å²) in [5, 5.41) is 0.948. The topological polar surface area (TPSA) is 97.5 Å². The summed E-state index contributed by atoms with van der Waals surface area (Å²) in [6.07, 6.45) is 6.24. The third-order valence-electron chi connectivity index (χ3n) is 5.77. The van der Waals surface area contributed by atoms with E-state index in [1.54, 1.807) is 23.5 Å². The first-order valence-corrected chi connectivity index (χ1v) is 10.7. The van der Waals surface area contributed by atoms with Crippen molar-refractivity contribution in [1.82, 2.24) is 24.8 Å². The van der Waals surface area contributed by atoms with Gasteiger partial charge >= 0.3 is 0 Å². The van der Waals surface area contributed by atoms with Crippen molar-refractivity contribution in [1.29, 1.82) is 0 Å². The number of morpholine rings is 1. The van der Waals surface area contributed by atoms with Gasteiger partial charge in [-0.25, -0.2) is 19.9 Å². The number of amides is 1. The lowest BCUT2D eigenvalue weighted by molar-refractivity contribution is -0.0253. The fraction of sp³-hybridized carbons (Fsp3) is 0.292. The van der Waals surface area contributed by atoms with Crippen molar-refractivity contribution < 1.29 is 13.9 Å². The van der Waals surface area contributed by atoms with Gasteiger partial charge < -0.3 is 19.0 Å². The number of carbonyl (C=O) groups excluding carboxylic acids is 1. The molecular weight excluding hydrogens is 420 g/mol. The number of aryl methyl sites for hydroxylation is 1. The highest BCUT2D eigenvalue weighted by Gasteiger charge is 2.32. The van der Waals surface area contributed by atoms with Gasteiger partial charge in [0.1, 0.15) is 18.0 Å². The van der Waals surface area contributed by atoms with Gasteiger partial charge in [0.05, 0.1) is 18.8 Å². The molecule has 4 aromatic rings. The Bertz CT molecular complexity index is 1300. The molecule has 33 heavy (non-hydrogen) atoms. The van der Waals surface area contributed by atoms with Crippen LogP contribution in [0.3, 0.4) is 0 Å². The van der Waals surface area contributed by atoms with Gasteiger partial charge in [-0.2, -0.15) is 0 Å². The third-order valence-corrected chi connectivity index (χ3v) is 5.77. The van der Waals surface area contributed by atoms with Crippen molar-refractivity contribution in [2.24, 2.45) is 0 Å². The maximum atomic E-state index is 13.4. The number of rotatable bonds is 4. The quantitative estimate of drug-likeness (QED) is 0.473. The molecule has 3 aromatic heterocycles. The summed E-state index contributed by atoms with van der Waals surface area (Å²) in [4.78, 5) is 34.5. The van der Waals surface area contributed by atoms with Crippen LogP contribution < -0.4 is 4.90 Å². The second-order valence-corrected chi connectivity index (χ2v) is 8.15. The summed E-state index contributed by atoms with van der Waals surface area (Å²) in [6, 6.07) is 7.68. The minimum atomic E-state index is -0.427. The van der Waals surface area contributed by atoms with Gasteiger partial charge in [-0.1, -0.05) is 18.2 Å². The van der Waals surface area contributed by atoms with Crippen LogP contribution in [0.5, 0.6) is 0 Å². The van der Waals surface area contributed by atoms with Crippen LogP contribution in [0.4, 0.5) is 5.95 Å². The fourth-order valence-corrected chi connectivity index (χ4v) is 4.03. The molecular formula is C24H24N6O3. The van der Waals surface area contributed by atoms with E-state index in [-0.39, 0.29) is 5.91 Å². The molecule has 1 aliphatic heterocycles. The molecule has 168 valence electrons. The monoisotopic (exact) mass is 444 g/mol. The largest absolute Gasteiger partial charge is 0.451 e. The molecule has 0 spiro atoms. The Labute approximate surface area is 191 Å². The van der Waals surface area contributed by atoms with E-state index in [4.69, 9.17) is 14.1 Å². The lowest BCUT2D eigenvalue weighted by Crippen LogP contribution is -2.42. The number of para-hydroxylation sites is 1. The molecule has 0 saturated carbocycles. The van der Waals surface area contributed by atoms with Gasteiger partial charge in [-0.3, -0.25) is 4.79 Å². The Morgan fingerprint density at radius 1 is 1.15 bits per heavy atom. The van der Waals surface area contributed by atoms with E-state index in [0.29, 0.717) is 42.7 Å². The lowest BCUT2D eigenvalue weighted by Gasteiger charge is -2.33. The average molecular weight is 444 g/mol. The Kier molecular flexibility index (Phi) is 5.47. The van der Waals surface area contributed by atoms with Gasteiger partial charge in [0.25, 0.3) is 5.91 Å². The minimum Gasteiger partial charge on any atom is -0.451 e. The zero-order valence-corrected chi connectivity index (χ0v) is 18.7. The fourth-order valence-electron chi connectivity index (χ4n) is 4.03. The number of aromatic nitrogens is 4. The molecule has 0 aliphatic carbocycles. The molecule has 1 amide bonds. The highest BCUT2D eigenvalue weighted by molar-refractivity contribution is 5.99. The molecule has 4 heterocycles. The molecule has 1 aromatic carbocycles. The number of hydrogen-bond donors (Lipinski definition) is 0. The summed E-state index contributed by atoms with van der Waals surface area (Å²) in [6.45, 7) is 3.13. The third kappa shape index (κ3) is 3.91. The van der Waals surface area contributed by atoms with Gasteiger partial charge in [0, 0.05) is 61.3 Å². The first-order valence-electron chi connectivity index (χ1n) is 10.7. The van der Waals surface area contributed by atoms with Crippen LogP contribution in [0.25, 0.3) is 22.1 Å². The van der Waals surface area contributed by atoms with Crippen molar-refractivity contribution in [2.75, 3.05) is 38.7 Å². The Morgan fingerprint density at radius 2 is 1.94 bits per heavy atom. The number of furan rings is 1. The van der Waals surface area contributed by atoms with Gasteiger partial charge in [0.15, 0.2) is 5.76 Å². The van der Waals surface area contributed by atoms with Gasteiger partial charge in [0.2, 0.25) is 5.95 Å². The average Bonchev–Trinajstić information content (AvgIpc) is 3.20. The van der Waals surface area contributed by atoms with Crippen LogP contribution in [0.1, 0.15) is 27.9 Å². The number of ether oxygens (including phenoxy) is 1. The Hall–Kier alpha value is -3.85. The second-order valence-electron chi connectivity index (χ2n) is 8.15. The van der Waals surface area contributed by atoms with Crippen LogP contribution in [0.2, 0.25) is 0 Å². The molecule has 0 radical (unpaired) electrons.